The van der Waals surface area contributed by atoms with E-state index < -0.39 is 0 Å². The van der Waals surface area contributed by atoms with Gasteiger partial charge in [0.15, 0.2) is 0 Å². The molecule has 1 heterocycles. The second-order valence-electron chi connectivity index (χ2n) is 7.19. The van der Waals surface area contributed by atoms with Gasteiger partial charge in [-0.3, -0.25) is 9.69 Å². The molecule has 1 N–H and O–H groups in total. The number of carbonyl (C=O) groups excluding carboxylic acids is 1. The zero-order valence-electron chi connectivity index (χ0n) is 16.4. The van der Waals surface area contributed by atoms with Gasteiger partial charge in [0.2, 0.25) is 5.91 Å². The van der Waals surface area contributed by atoms with Gasteiger partial charge in [0.1, 0.15) is 5.75 Å². The Balaban J connectivity index is 1.34. The Hall–Kier alpha value is -2.24. The highest BCUT2D eigenvalue weighted by Crippen LogP contribution is 2.22. The van der Waals surface area contributed by atoms with Gasteiger partial charge in [0.25, 0.3) is 0 Å². The molecule has 0 atom stereocenters. The number of anilines is 2. The van der Waals surface area contributed by atoms with E-state index in [0.717, 1.165) is 37.5 Å². The third kappa shape index (κ3) is 6.43. The summed E-state index contributed by atoms with van der Waals surface area (Å²) >= 11 is 5.94. The van der Waals surface area contributed by atoms with E-state index >= 15 is 0 Å². The number of ether oxygens (including phenoxy) is 1. The lowest BCUT2D eigenvalue weighted by Crippen LogP contribution is -2.31. The van der Waals surface area contributed by atoms with E-state index in [1.807, 2.05) is 42.3 Å². The van der Waals surface area contributed by atoms with Gasteiger partial charge in [-0.1, -0.05) is 17.7 Å². The quantitative estimate of drug-likeness (QED) is 0.637. The summed E-state index contributed by atoms with van der Waals surface area (Å²) in [6.45, 7) is 3.96. The van der Waals surface area contributed by atoms with Crippen LogP contribution in [0, 0.1) is 0 Å². The molecule has 3 rings (SSSR count). The van der Waals surface area contributed by atoms with Crippen molar-refractivity contribution >= 4 is 28.9 Å². The topological polar surface area (TPSA) is 44.8 Å². The molecule has 150 valence electrons. The Bertz CT molecular complexity index is 761. The number of nitrogens with one attached hydrogen (secondary N) is 1. The largest absolute Gasteiger partial charge is 0.493 e. The molecule has 1 amide bonds. The maximum atomic E-state index is 12.2. The van der Waals surface area contributed by atoms with Crippen molar-refractivity contribution in [3.05, 3.63) is 53.6 Å². The van der Waals surface area contributed by atoms with Crippen molar-refractivity contribution in [2.75, 3.05) is 50.1 Å². The molecule has 0 unspecified atom stereocenters. The van der Waals surface area contributed by atoms with E-state index in [4.69, 9.17) is 16.3 Å². The van der Waals surface area contributed by atoms with Crippen LogP contribution in [0.3, 0.4) is 0 Å². The Kier molecular flexibility index (Phi) is 7.57. The van der Waals surface area contributed by atoms with Crippen LogP contribution in [-0.2, 0) is 4.79 Å². The number of nitrogens with zero attached hydrogens (tertiary/aromatic N) is 2. The minimum Gasteiger partial charge on any atom is -0.493 e. The highest BCUT2D eigenvalue weighted by molar-refractivity contribution is 6.30. The lowest BCUT2D eigenvalue weighted by Gasteiger charge is -2.18. The second-order valence-corrected chi connectivity index (χ2v) is 7.62. The fourth-order valence-electron chi connectivity index (χ4n) is 3.34. The molecule has 6 heteroatoms. The maximum Gasteiger partial charge on any atom is 0.238 e. The SMILES string of the molecule is CN(CCCOc1cccc(Cl)c1)CC(=O)Nc1ccc(N2CCCC2)cc1. The summed E-state index contributed by atoms with van der Waals surface area (Å²) in [6.07, 6.45) is 3.35. The summed E-state index contributed by atoms with van der Waals surface area (Å²) < 4.78 is 5.68. The molecule has 0 aliphatic carbocycles. The third-order valence-electron chi connectivity index (χ3n) is 4.78. The Morgan fingerprint density at radius 1 is 1.18 bits per heavy atom. The van der Waals surface area contributed by atoms with Gasteiger partial charge in [-0.05, 0) is 68.8 Å². The molecule has 0 aromatic heterocycles. The predicted octanol–water partition coefficient (Wildman–Crippen LogP) is 4.28. The molecule has 0 bridgehead atoms. The Morgan fingerprint density at radius 3 is 2.64 bits per heavy atom. The van der Waals surface area contributed by atoms with Gasteiger partial charge >= 0.3 is 0 Å². The van der Waals surface area contributed by atoms with E-state index in [1.165, 1.54) is 18.5 Å². The van der Waals surface area contributed by atoms with Crippen LogP contribution in [0.2, 0.25) is 5.02 Å². The minimum atomic E-state index is -0.00724. The van der Waals surface area contributed by atoms with Crippen molar-refractivity contribution < 1.29 is 9.53 Å². The number of rotatable bonds is 9. The van der Waals surface area contributed by atoms with Crippen LogP contribution in [0.1, 0.15) is 19.3 Å². The first kappa shape index (κ1) is 20.5. The molecule has 1 fully saturated rings. The molecule has 0 spiro atoms. The molecular weight excluding hydrogens is 374 g/mol. The van der Waals surface area contributed by atoms with Crippen molar-refractivity contribution in [1.29, 1.82) is 0 Å². The van der Waals surface area contributed by atoms with E-state index in [2.05, 4.69) is 22.3 Å². The van der Waals surface area contributed by atoms with Gasteiger partial charge in [-0.2, -0.15) is 0 Å². The van der Waals surface area contributed by atoms with Crippen molar-refractivity contribution in [3.8, 4) is 5.75 Å². The standard InChI is InChI=1S/C22H28ClN3O2/c1-25(12-5-15-28-21-7-4-6-18(23)16-21)17-22(27)24-19-8-10-20(11-9-19)26-13-2-3-14-26/h4,6-11,16H,2-3,5,12-15,17H2,1H3,(H,24,27). The molecule has 5 nitrogen and oxygen atoms in total. The van der Waals surface area contributed by atoms with Crippen LogP contribution in [0.25, 0.3) is 0 Å². The lowest BCUT2D eigenvalue weighted by molar-refractivity contribution is -0.117. The van der Waals surface area contributed by atoms with Crippen LogP contribution in [0.15, 0.2) is 48.5 Å². The predicted molar refractivity (Wildman–Crippen MR) is 116 cm³/mol. The van der Waals surface area contributed by atoms with Crippen molar-refractivity contribution in [3.63, 3.8) is 0 Å². The highest BCUT2D eigenvalue weighted by atomic mass is 35.5. The summed E-state index contributed by atoms with van der Waals surface area (Å²) in [5, 5.41) is 3.63. The normalized spacial score (nSPS) is 13.8. The summed E-state index contributed by atoms with van der Waals surface area (Å²) in [6, 6.07) is 15.5. The molecule has 28 heavy (non-hydrogen) atoms. The average molecular weight is 402 g/mol. The van der Waals surface area contributed by atoms with Gasteiger partial charge in [-0.15, -0.1) is 0 Å². The number of hydrogen-bond acceptors (Lipinski definition) is 4. The first-order valence-electron chi connectivity index (χ1n) is 9.82. The number of carbonyl (C=O) groups is 1. The lowest BCUT2D eigenvalue weighted by atomic mass is 10.2. The smallest absolute Gasteiger partial charge is 0.238 e. The van der Waals surface area contributed by atoms with E-state index in [-0.39, 0.29) is 5.91 Å². The van der Waals surface area contributed by atoms with Gasteiger partial charge in [0, 0.05) is 36.0 Å². The van der Waals surface area contributed by atoms with Crippen molar-refractivity contribution in [1.82, 2.24) is 4.90 Å². The maximum absolute atomic E-state index is 12.2. The van der Waals surface area contributed by atoms with Crippen LogP contribution < -0.4 is 15.0 Å². The van der Waals surface area contributed by atoms with E-state index in [9.17, 15) is 4.79 Å². The van der Waals surface area contributed by atoms with Crippen LogP contribution >= 0.6 is 11.6 Å². The Labute approximate surface area is 172 Å². The third-order valence-corrected chi connectivity index (χ3v) is 5.02. The summed E-state index contributed by atoms with van der Waals surface area (Å²) in [7, 11) is 1.94. The highest BCUT2D eigenvalue weighted by Gasteiger charge is 2.12. The van der Waals surface area contributed by atoms with Gasteiger partial charge in [0.05, 0.1) is 13.2 Å². The number of halogens is 1. The van der Waals surface area contributed by atoms with E-state index in [0.29, 0.717) is 18.2 Å². The molecule has 2 aromatic rings. The minimum absolute atomic E-state index is 0.00724. The zero-order valence-corrected chi connectivity index (χ0v) is 17.1. The fourth-order valence-corrected chi connectivity index (χ4v) is 3.52. The Morgan fingerprint density at radius 2 is 1.93 bits per heavy atom. The van der Waals surface area contributed by atoms with Gasteiger partial charge < -0.3 is 15.0 Å². The van der Waals surface area contributed by atoms with Crippen LogP contribution in [-0.4, -0.2) is 50.6 Å². The van der Waals surface area contributed by atoms with E-state index in [1.54, 1.807) is 6.07 Å². The summed E-state index contributed by atoms with van der Waals surface area (Å²) in [5.41, 5.74) is 2.07. The van der Waals surface area contributed by atoms with Gasteiger partial charge in [-0.25, -0.2) is 0 Å². The van der Waals surface area contributed by atoms with Crippen molar-refractivity contribution in [2.45, 2.75) is 19.3 Å². The molecule has 1 aliphatic heterocycles. The summed E-state index contributed by atoms with van der Waals surface area (Å²) in [4.78, 5) is 16.6. The zero-order chi connectivity index (χ0) is 19.8. The first-order valence-corrected chi connectivity index (χ1v) is 10.2. The average Bonchev–Trinajstić information content (AvgIpc) is 3.20. The molecule has 0 saturated carbocycles. The number of likely N-dealkylation sites (N-methyl/N-ethyl adjacent to an activating group) is 1. The number of hydrogen-bond donors (Lipinski definition) is 1. The molecular formula is C22H28ClN3O2. The molecule has 2 aromatic carbocycles. The number of benzene rings is 2. The molecule has 1 saturated heterocycles. The summed E-state index contributed by atoms with van der Waals surface area (Å²) in [5.74, 6) is 0.762. The fraction of sp³-hybridized carbons (Fsp3) is 0.409. The first-order chi connectivity index (χ1) is 13.6. The van der Waals surface area contributed by atoms with Crippen LogP contribution in [0.5, 0.6) is 5.75 Å². The second kappa shape index (κ2) is 10.3. The monoisotopic (exact) mass is 401 g/mol. The van der Waals surface area contributed by atoms with Crippen molar-refractivity contribution in [2.24, 2.45) is 0 Å². The molecule has 1 aliphatic rings. The number of amides is 1. The van der Waals surface area contributed by atoms with Crippen LogP contribution in [0.4, 0.5) is 11.4 Å². The molecule has 0 radical (unpaired) electrons.